The van der Waals surface area contributed by atoms with Gasteiger partial charge in [0.25, 0.3) is 20.1 Å². The van der Waals surface area contributed by atoms with Gasteiger partial charge in [0.05, 0.1) is 22.7 Å². The van der Waals surface area contributed by atoms with Crippen molar-refractivity contribution >= 4 is 135 Å². The molecule has 20 heteroatoms. The van der Waals surface area contributed by atoms with Crippen LogP contribution in [0.1, 0.15) is 0 Å². The van der Waals surface area contributed by atoms with E-state index in [9.17, 15) is 0 Å². The molecule has 8 aromatic carbocycles. The van der Waals surface area contributed by atoms with Crippen molar-refractivity contribution in [3.63, 3.8) is 0 Å². The SMILES string of the molecule is CN1c2cc(Oc3c(F)cccc3F)cc3c2B(c2ccccc2O3)c2sc3c(c21)N(C)c1cc(Oc2c(F)cccc2F)cc2c1B3c1sc3c(c1N2C)N(C)c1cc(Oc2c(F)cccc2F)cc2c1B3c1ccccc1O2. The molecular weight excluding hydrogens is 1070 g/mol. The second-order valence-electron chi connectivity index (χ2n) is 20.4. The zero-order valence-corrected chi connectivity index (χ0v) is 44.1. The lowest BCUT2D eigenvalue weighted by Gasteiger charge is -2.42. The maximum absolute atomic E-state index is 15.6. The summed E-state index contributed by atoms with van der Waals surface area (Å²) < 4.78 is 128. The lowest BCUT2D eigenvalue weighted by molar-refractivity contribution is 0.404. The van der Waals surface area contributed by atoms with Crippen LogP contribution in [0.5, 0.6) is 57.5 Å². The number of rotatable bonds is 6. The Bertz CT molecular complexity index is 4120. The zero-order valence-electron chi connectivity index (χ0n) is 42.4. The molecule has 0 amide bonds. The van der Waals surface area contributed by atoms with Crippen molar-refractivity contribution in [1.29, 1.82) is 0 Å². The molecular formula is C60H35B3F6N4O5S2. The van der Waals surface area contributed by atoms with Gasteiger partial charge in [0.1, 0.15) is 40.2 Å². The van der Waals surface area contributed by atoms with Crippen LogP contribution in [0, 0.1) is 34.9 Å². The Morgan fingerprint density at radius 1 is 0.350 bits per heavy atom. The minimum Gasteiger partial charge on any atom is -0.458 e. The number of ether oxygens (including phenoxy) is 5. The number of benzene rings is 8. The second-order valence-corrected chi connectivity index (χ2v) is 22.6. The van der Waals surface area contributed by atoms with Crippen molar-refractivity contribution in [3.05, 3.63) is 174 Å². The van der Waals surface area contributed by atoms with E-state index in [1.807, 2.05) is 76.7 Å². The molecule has 80 heavy (non-hydrogen) atoms. The van der Waals surface area contributed by atoms with Gasteiger partial charge in [0.2, 0.25) is 0 Å². The number of thiophene rings is 2. The van der Waals surface area contributed by atoms with Crippen LogP contribution < -0.4 is 89.7 Å². The van der Waals surface area contributed by atoms with E-state index < -0.39 is 58.9 Å². The maximum Gasteiger partial charge on any atom is 0.277 e. The van der Waals surface area contributed by atoms with E-state index in [-0.39, 0.29) is 30.7 Å². The molecule has 0 N–H and O–H groups in total. The van der Waals surface area contributed by atoms with E-state index in [1.54, 1.807) is 46.9 Å². The molecule has 0 aliphatic carbocycles. The smallest absolute Gasteiger partial charge is 0.277 e. The minimum absolute atomic E-state index is 0.163. The second kappa shape index (κ2) is 16.8. The van der Waals surface area contributed by atoms with Gasteiger partial charge in [-0.15, -0.1) is 0 Å². The third-order valence-corrected chi connectivity index (χ3v) is 18.7. The number of para-hydroxylation sites is 5. The highest BCUT2D eigenvalue weighted by atomic mass is 32.1. The first-order valence-corrected chi connectivity index (χ1v) is 27.2. The topological polar surface area (TPSA) is 59.1 Å². The third kappa shape index (κ3) is 6.45. The van der Waals surface area contributed by atoms with E-state index >= 15 is 26.3 Å². The molecule has 9 nitrogen and oxygen atoms in total. The van der Waals surface area contributed by atoms with Gasteiger partial charge < -0.3 is 43.3 Å². The normalized spacial score (nSPS) is 14.2. The summed E-state index contributed by atoms with van der Waals surface area (Å²) in [5.41, 5.74) is 10.8. The summed E-state index contributed by atoms with van der Waals surface area (Å²) in [6.07, 6.45) is 0. The van der Waals surface area contributed by atoms with Crippen molar-refractivity contribution in [3.8, 4) is 57.5 Å². The van der Waals surface area contributed by atoms with E-state index in [4.69, 9.17) is 23.7 Å². The average molecular weight is 1100 g/mol. The number of halogens is 6. The van der Waals surface area contributed by atoms with E-state index in [0.717, 1.165) is 117 Å². The van der Waals surface area contributed by atoms with Gasteiger partial charge in [0.15, 0.2) is 52.2 Å². The van der Waals surface area contributed by atoms with Crippen LogP contribution in [-0.4, -0.2) is 48.3 Å². The highest BCUT2D eigenvalue weighted by Gasteiger charge is 2.53. The van der Waals surface area contributed by atoms with E-state index in [1.165, 1.54) is 18.2 Å². The van der Waals surface area contributed by atoms with Crippen LogP contribution in [0.3, 0.4) is 0 Å². The monoisotopic (exact) mass is 1100 g/mol. The molecule has 8 heterocycles. The fourth-order valence-electron chi connectivity index (χ4n) is 12.8. The van der Waals surface area contributed by atoms with Gasteiger partial charge >= 0.3 is 0 Å². The predicted octanol–water partition coefficient (Wildman–Crippen LogP) is 10.1. The van der Waals surface area contributed by atoms with Crippen LogP contribution >= 0.6 is 22.7 Å². The molecule has 388 valence electrons. The molecule has 10 aromatic rings. The maximum atomic E-state index is 15.6. The highest BCUT2D eigenvalue weighted by molar-refractivity contribution is 7.44. The molecule has 0 bridgehead atoms. The Hall–Kier alpha value is -8.87. The number of hydrogen-bond acceptors (Lipinski definition) is 11. The number of hydrogen-bond donors (Lipinski definition) is 0. The molecule has 0 fully saturated rings. The Balaban J connectivity index is 0.936. The summed E-state index contributed by atoms with van der Waals surface area (Å²) in [5.74, 6) is -4.10. The molecule has 0 radical (unpaired) electrons. The molecule has 6 aliphatic heterocycles. The number of fused-ring (bicyclic) bond motifs is 14. The summed E-state index contributed by atoms with van der Waals surface area (Å²) in [6.45, 7) is -1.15. The first-order chi connectivity index (χ1) is 38.8. The molecule has 6 aliphatic rings. The molecule has 2 aromatic heterocycles. The molecule has 16 rings (SSSR count). The van der Waals surface area contributed by atoms with Gasteiger partial charge in [-0.2, -0.15) is 22.7 Å². The molecule has 0 saturated heterocycles. The summed E-state index contributed by atoms with van der Waals surface area (Å²) in [7, 11) is 7.86. The van der Waals surface area contributed by atoms with Gasteiger partial charge in [-0.05, 0) is 75.8 Å². The van der Waals surface area contributed by atoms with Crippen LogP contribution in [0.2, 0.25) is 0 Å². The largest absolute Gasteiger partial charge is 0.458 e. The lowest BCUT2D eigenvalue weighted by Crippen LogP contribution is -2.60. The van der Waals surface area contributed by atoms with Crippen molar-refractivity contribution in [2.24, 2.45) is 0 Å². The van der Waals surface area contributed by atoms with Crippen LogP contribution in [0.15, 0.2) is 140 Å². The highest BCUT2D eigenvalue weighted by Crippen LogP contribution is 2.52. The van der Waals surface area contributed by atoms with Gasteiger partial charge in [-0.3, -0.25) is 0 Å². The third-order valence-electron chi connectivity index (χ3n) is 16.1. The first-order valence-electron chi connectivity index (χ1n) is 25.5. The van der Waals surface area contributed by atoms with Gasteiger partial charge in [-0.1, -0.05) is 54.6 Å². The number of nitrogens with zero attached hydrogens (tertiary/aromatic N) is 4. The Morgan fingerprint density at radius 3 is 1.00 bits per heavy atom. The van der Waals surface area contributed by atoms with Crippen molar-refractivity contribution in [1.82, 2.24) is 0 Å². The summed E-state index contributed by atoms with van der Waals surface area (Å²) in [4.78, 5) is 8.38. The van der Waals surface area contributed by atoms with E-state index in [0.29, 0.717) is 34.4 Å². The zero-order chi connectivity index (χ0) is 54.3. The van der Waals surface area contributed by atoms with Crippen molar-refractivity contribution in [2.45, 2.75) is 0 Å². The molecule has 0 saturated carbocycles. The Labute approximate surface area is 462 Å². The standard InChI is InChI=1S/C60H35B3F6N4O5S2/c1-70-39-22-28(74-54-33(64)14-9-15-34(54)65)23-40-47(39)63(59-52(70)50-57(79-59)61-31-12-5-7-20-43(31)77-45-26-29(24-41(48(45)61)72(50)3)75-55-35(66)16-10-17-36(55)67)60-53(71(40)2)51-58(80-60)62-32-13-6-8-21-44(32)78-46-27-30(25-42(49(46)62)73(51)4)76-56-37(68)18-11-19-38(56)69/h5-27H,1-4H3. The predicted molar refractivity (Wildman–Crippen MR) is 307 cm³/mol. The van der Waals surface area contributed by atoms with Crippen molar-refractivity contribution in [2.75, 3.05) is 47.8 Å². The van der Waals surface area contributed by atoms with Crippen molar-refractivity contribution < 1.29 is 50.0 Å². The number of anilines is 8. The molecule has 0 spiro atoms. The fourth-order valence-corrected chi connectivity index (χ4v) is 16.1. The average Bonchev–Trinajstić information content (AvgIpc) is 4.22. The van der Waals surface area contributed by atoms with Crippen LogP contribution in [-0.2, 0) is 0 Å². The quantitative estimate of drug-likeness (QED) is 0.120. The fraction of sp³-hybridized carbons (Fsp3) is 0.0667. The van der Waals surface area contributed by atoms with Gasteiger partial charge in [0, 0.05) is 106 Å². The first kappa shape index (κ1) is 47.2. The Morgan fingerprint density at radius 2 is 0.650 bits per heavy atom. The summed E-state index contributed by atoms with van der Waals surface area (Å²) >= 11 is 3.40. The molecule has 0 unspecified atom stereocenters. The summed E-state index contributed by atoms with van der Waals surface area (Å²) in [5, 5.41) is 0. The van der Waals surface area contributed by atoms with Crippen LogP contribution in [0.25, 0.3) is 0 Å². The van der Waals surface area contributed by atoms with Gasteiger partial charge in [-0.25, -0.2) is 26.3 Å². The van der Waals surface area contributed by atoms with E-state index in [2.05, 4.69) is 31.7 Å². The molecule has 0 atom stereocenters. The van der Waals surface area contributed by atoms with Crippen LogP contribution in [0.4, 0.5) is 71.8 Å². The minimum atomic E-state index is -0.866. The summed E-state index contributed by atoms with van der Waals surface area (Å²) in [6, 6.07) is 36.9. The lowest BCUT2D eigenvalue weighted by atomic mass is 9.36. The Kier molecular flexibility index (Phi) is 9.92.